The quantitative estimate of drug-likeness (QED) is 0.349. The van der Waals surface area contributed by atoms with Gasteiger partial charge in [-0.25, -0.2) is 15.0 Å². The first-order valence-electron chi connectivity index (χ1n) is 10.3. The Hall–Kier alpha value is -2.52. The van der Waals surface area contributed by atoms with Gasteiger partial charge in [-0.3, -0.25) is 0 Å². The van der Waals surface area contributed by atoms with Gasteiger partial charge in [-0.2, -0.15) is 0 Å². The third kappa shape index (κ3) is 4.04. The minimum absolute atomic E-state index is 0.637. The monoisotopic (exact) mass is 428 g/mol. The van der Waals surface area contributed by atoms with Crippen LogP contribution in [0.2, 0.25) is 0 Å². The second kappa shape index (κ2) is 9.09. The van der Waals surface area contributed by atoms with Crippen LogP contribution in [-0.2, 0) is 23.5 Å². The van der Waals surface area contributed by atoms with Gasteiger partial charge in [-0.1, -0.05) is 24.8 Å². The Kier molecular flexibility index (Phi) is 6.29. The number of nitrogens with two attached hydrogens (primary N) is 1. The molecule has 1 fully saturated rings. The van der Waals surface area contributed by atoms with Crippen LogP contribution in [0.15, 0.2) is 23.4 Å². The minimum Gasteiger partial charge on any atom is -0.495 e. The van der Waals surface area contributed by atoms with E-state index in [4.69, 9.17) is 30.2 Å². The van der Waals surface area contributed by atoms with Gasteiger partial charge in [-0.15, -0.1) is 0 Å². The van der Waals surface area contributed by atoms with Crippen LogP contribution < -0.4 is 15.4 Å². The summed E-state index contributed by atoms with van der Waals surface area (Å²) >= 11 is 1.61. The summed E-state index contributed by atoms with van der Waals surface area (Å²) in [6.45, 7) is 8.11. The van der Waals surface area contributed by atoms with Crippen LogP contribution in [0.4, 0.5) is 11.5 Å². The summed E-state index contributed by atoms with van der Waals surface area (Å²) in [5, 5.41) is 0.746. The first-order chi connectivity index (χ1) is 14.6. The van der Waals surface area contributed by atoms with E-state index in [1.165, 1.54) is 0 Å². The van der Waals surface area contributed by atoms with Crippen molar-refractivity contribution in [1.82, 2.24) is 19.5 Å². The zero-order chi connectivity index (χ0) is 21.1. The van der Waals surface area contributed by atoms with Crippen LogP contribution in [0.25, 0.3) is 11.2 Å². The first kappa shape index (κ1) is 20.7. The number of hydrogen-bond acceptors (Lipinski definition) is 8. The molecule has 9 heteroatoms. The summed E-state index contributed by atoms with van der Waals surface area (Å²) in [6.07, 6.45) is 0.861. The van der Waals surface area contributed by atoms with Crippen molar-refractivity contribution in [3.05, 3.63) is 29.6 Å². The zero-order valence-corrected chi connectivity index (χ0v) is 18.5. The molecule has 3 aromatic rings. The first-order valence-corrected chi connectivity index (χ1v) is 11.3. The van der Waals surface area contributed by atoms with E-state index >= 15 is 0 Å². The molecule has 0 radical (unpaired) electrons. The summed E-state index contributed by atoms with van der Waals surface area (Å²) < 4.78 is 13.0. The van der Waals surface area contributed by atoms with Crippen molar-refractivity contribution >= 4 is 34.4 Å². The standard InChI is InChI=1S/C21H28N6O2S/c1-4-17-23-18-19(26-8-10-29-11-9-26)24-21(25-20(18)27(17)5-2)30-13-14-6-7-16(28-3)15(22)12-14/h6-7,12H,4-5,8-11,13,22H2,1-3H3. The molecular weight excluding hydrogens is 400 g/mol. The van der Waals surface area contributed by atoms with E-state index in [2.05, 4.69) is 23.3 Å². The fourth-order valence-electron chi connectivity index (χ4n) is 3.70. The predicted molar refractivity (Wildman–Crippen MR) is 120 cm³/mol. The van der Waals surface area contributed by atoms with Crippen LogP contribution in [0.1, 0.15) is 25.2 Å². The van der Waals surface area contributed by atoms with Gasteiger partial charge in [0, 0.05) is 31.8 Å². The van der Waals surface area contributed by atoms with Crippen molar-refractivity contribution in [3.63, 3.8) is 0 Å². The van der Waals surface area contributed by atoms with Gasteiger partial charge in [-0.05, 0) is 24.6 Å². The number of benzene rings is 1. The van der Waals surface area contributed by atoms with Crippen molar-refractivity contribution in [3.8, 4) is 5.75 Å². The number of aryl methyl sites for hydroxylation is 2. The highest BCUT2D eigenvalue weighted by Gasteiger charge is 2.22. The van der Waals surface area contributed by atoms with E-state index in [-0.39, 0.29) is 0 Å². The SMILES string of the molecule is CCc1nc2c(N3CCOCC3)nc(SCc3ccc(OC)c(N)c3)nc2n1CC. The zero-order valence-electron chi connectivity index (χ0n) is 17.7. The molecule has 0 saturated carbocycles. The Morgan fingerprint density at radius 3 is 2.63 bits per heavy atom. The average Bonchev–Trinajstić information content (AvgIpc) is 3.15. The van der Waals surface area contributed by atoms with Gasteiger partial charge < -0.3 is 24.7 Å². The Labute approximate surface area is 180 Å². The van der Waals surface area contributed by atoms with E-state index in [1.807, 2.05) is 18.2 Å². The molecule has 160 valence electrons. The van der Waals surface area contributed by atoms with Crippen molar-refractivity contribution in [2.75, 3.05) is 44.0 Å². The molecule has 0 amide bonds. The number of ether oxygens (including phenoxy) is 2. The molecule has 8 nitrogen and oxygen atoms in total. The molecule has 2 N–H and O–H groups in total. The summed E-state index contributed by atoms with van der Waals surface area (Å²) in [7, 11) is 1.62. The highest BCUT2D eigenvalue weighted by Crippen LogP contribution is 2.31. The predicted octanol–water partition coefficient (Wildman–Crippen LogP) is 3.13. The van der Waals surface area contributed by atoms with Crippen molar-refractivity contribution in [2.24, 2.45) is 0 Å². The van der Waals surface area contributed by atoms with Crippen LogP contribution in [0, 0.1) is 0 Å². The number of thioether (sulfide) groups is 1. The molecule has 1 saturated heterocycles. The number of nitrogen functional groups attached to an aromatic ring is 1. The summed E-state index contributed by atoms with van der Waals surface area (Å²) in [5.41, 5.74) is 9.59. The van der Waals surface area contributed by atoms with Gasteiger partial charge in [0.15, 0.2) is 22.1 Å². The number of fused-ring (bicyclic) bond motifs is 1. The largest absolute Gasteiger partial charge is 0.495 e. The molecule has 0 aliphatic carbocycles. The van der Waals surface area contributed by atoms with Gasteiger partial charge >= 0.3 is 0 Å². The number of morpholine rings is 1. The molecule has 1 aliphatic heterocycles. The summed E-state index contributed by atoms with van der Waals surface area (Å²) in [5.74, 6) is 3.36. The van der Waals surface area contributed by atoms with Crippen molar-refractivity contribution < 1.29 is 9.47 Å². The van der Waals surface area contributed by atoms with Crippen LogP contribution in [0.5, 0.6) is 5.75 Å². The van der Waals surface area contributed by atoms with E-state index < -0.39 is 0 Å². The number of nitrogens with zero attached hydrogens (tertiary/aromatic N) is 5. The van der Waals surface area contributed by atoms with E-state index in [0.29, 0.717) is 24.7 Å². The molecule has 0 atom stereocenters. The molecule has 0 unspecified atom stereocenters. The van der Waals surface area contributed by atoms with Gasteiger partial charge in [0.2, 0.25) is 0 Å². The normalized spacial score (nSPS) is 14.4. The van der Waals surface area contributed by atoms with Gasteiger partial charge in [0.1, 0.15) is 11.6 Å². The highest BCUT2D eigenvalue weighted by atomic mass is 32.2. The number of rotatable bonds is 7. The maximum absolute atomic E-state index is 6.06. The topological polar surface area (TPSA) is 91.3 Å². The lowest BCUT2D eigenvalue weighted by molar-refractivity contribution is 0.122. The van der Waals surface area contributed by atoms with E-state index in [0.717, 1.165) is 65.3 Å². The Balaban J connectivity index is 1.69. The molecule has 30 heavy (non-hydrogen) atoms. The average molecular weight is 429 g/mol. The van der Waals surface area contributed by atoms with Crippen molar-refractivity contribution in [1.29, 1.82) is 0 Å². The van der Waals surface area contributed by atoms with Crippen LogP contribution >= 0.6 is 11.8 Å². The Morgan fingerprint density at radius 1 is 1.17 bits per heavy atom. The molecule has 0 bridgehead atoms. The minimum atomic E-state index is 0.637. The maximum Gasteiger partial charge on any atom is 0.191 e. The summed E-state index contributed by atoms with van der Waals surface area (Å²) in [6, 6.07) is 5.86. The second-order valence-corrected chi connectivity index (χ2v) is 8.03. The third-order valence-corrected chi connectivity index (χ3v) is 6.16. The second-order valence-electron chi connectivity index (χ2n) is 7.09. The molecule has 3 heterocycles. The molecule has 0 spiro atoms. The van der Waals surface area contributed by atoms with Crippen LogP contribution in [0.3, 0.4) is 0 Å². The number of imidazole rings is 1. The fraction of sp³-hybridized carbons (Fsp3) is 0.476. The number of aromatic nitrogens is 4. The lowest BCUT2D eigenvalue weighted by Gasteiger charge is -2.28. The molecular formula is C21H28N6O2S. The van der Waals surface area contributed by atoms with Gasteiger partial charge in [0.05, 0.1) is 26.0 Å². The number of methoxy groups -OCH3 is 1. The fourth-order valence-corrected chi connectivity index (χ4v) is 4.47. The van der Waals surface area contributed by atoms with E-state index in [9.17, 15) is 0 Å². The van der Waals surface area contributed by atoms with Crippen molar-refractivity contribution in [2.45, 2.75) is 37.7 Å². The smallest absolute Gasteiger partial charge is 0.191 e. The van der Waals surface area contributed by atoms with Crippen LogP contribution in [-0.4, -0.2) is 52.9 Å². The lowest BCUT2D eigenvalue weighted by atomic mass is 10.2. The molecule has 2 aromatic heterocycles. The number of anilines is 2. The summed E-state index contributed by atoms with van der Waals surface area (Å²) in [4.78, 5) is 16.9. The molecule has 1 aromatic carbocycles. The number of hydrogen-bond donors (Lipinski definition) is 1. The Bertz CT molecular complexity index is 1030. The highest BCUT2D eigenvalue weighted by molar-refractivity contribution is 7.98. The lowest BCUT2D eigenvalue weighted by Crippen LogP contribution is -2.37. The Morgan fingerprint density at radius 2 is 1.97 bits per heavy atom. The van der Waals surface area contributed by atoms with E-state index in [1.54, 1.807) is 18.9 Å². The third-order valence-electron chi connectivity index (χ3n) is 5.24. The van der Waals surface area contributed by atoms with Gasteiger partial charge in [0.25, 0.3) is 0 Å². The molecule has 1 aliphatic rings. The maximum atomic E-state index is 6.06. The molecule has 4 rings (SSSR count).